The van der Waals surface area contributed by atoms with E-state index in [4.69, 9.17) is 0 Å². The average Bonchev–Trinajstić information content (AvgIpc) is 3.58. The van der Waals surface area contributed by atoms with Gasteiger partial charge in [0.1, 0.15) is 29.5 Å². The van der Waals surface area contributed by atoms with Gasteiger partial charge in [-0.2, -0.15) is 18.3 Å². The molecule has 1 amide bonds. The Hall–Kier alpha value is -4.33. The number of rotatable bonds is 6. The summed E-state index contributed by atoms with van der Waals surface area (Å²) in [5.74, 6) is -0.623. The third-order valence-corrected chi connectivity index (χ3v) is 6.51. The van der Waals surface area contributed by atoms with Crippen LogP contribution in [0.4, 0.5) is 23.2 Å². The van der Waals surface area contributed by atoms with Crippen molar-refractivity contribution in [3.05, 3.63) is 81.5 Å². The SMILES string of the molecule is Cn1c(=O)n(CC(=O)Nc2ccc(F)cc2)c2cc(C(F)(F)F)cc(-c3nc(Cc4ncn[nH]4)cs3)c21. The lowest BCUT2D eigenvalue weighted by Gasteiger charge is -2.11. The molecule has 0 fully saturated rings. The summed E-state index contributed by atoms with van der Waals surface area (Å²) >= 11 is 1.12. The predicted octanol–water partition coefficient (Wildman–Crippen LogP) is 3.97. The average molecular weight is 531 g/mol. The van der Waals surface area contributed by atoms with Gasteiger partial charge in [0.05, 0.1) is 28.7 Å². The number of H-pyrrole nitrogens is 1. The first-order valence-corrected chi connectivity index (χ1v) is 11.6. The summed E-state index contributed by atoms with van der Waals surface area (Å²) in [6.07, 6.45) is -3.08. The normalized spacial score (nSPS) is 11.8. The van der Waals surface area contributed by atoms with Gasteiger partial charge in [0.25, 0.3) is 0 Å². The summed E-state index contributed by atoms with van der Waals surface area (Å²) in [5.41, 5.74) is -0.588. The Labute approximate surface area is 209 Å². The zero-order valence-electron chi connectivity index (χ0n) is 19.0. The number of amides is 1. The molecule has 5 aromatic rings. The molecule has 0 aliphatic heterocycles. The lowest BCUT2D eigenvalue weighted by molar-refractivity contribution is -0.137. The quantitative estimate of drug-likeness (QED) is 0.322. The number of hydrogen-bond acceptors (Lipinski definition) is 6. The van der Waals surface area contributed by atoms with Crippen molar-refractivity contribution in [3.8, 4) is 10.6 Å². The van der Waals surface area contributed by atoms with Gasteiger partial charge >= 0.3 is 11.9 Å². The monoisotopic (exact) mass is 531 g/mol. The number of anilines is 1. The summed E-state index contributed by atoms with van der Waals surface area (Å²) in [4.78, 5) is 34.2. The van der Waals surface area contributed by atoms with E-state index in [0.29, 0.717) is 17.9 Å². The van der Waals surface area contributed by atoms with Crippen LogP contribution < -0.4 is 11.0 Å². The van der Waals surface area contributed by atoms with Crippen molar-refractivity contribution in [2.75, 3.05) is 5.32 Å². The zero-order valence-corrected chi connectivity index (χ0v) is 19.8. The number of carbonyl (C=O) groups is 1. The molecule has 0 unspecified atom stereocenters. The third kappa shape index (κ3) is 4.87. The highest BCUT2D eigenvalue weighted by molar-refractivity contribution is 7.13. The second-order valence-corrected chi connectivity index (χ2v) is 8.98. The van der Waals surface area contributed by atoms with E-state index in [1.807, 2.05) is 0 Å². The first-order valence-electron chi connectivity index (χ1n) is 10.7. The number of halogens is 4. The number of carbonyl (C=O) groups excluding carboxylic acids is 1. The molecule has 0 aliphatic rings. The van der Waals surface area contributed by atoms with Gasteiger partial charge < -0.3 is 5.32 Å². The maximum Gasteiger partial charge on any atom is 0.416 e. The molecule has 14 heteroatoms. The standard InChI is InChI=1S/C23H17F4N7O2S/c1-33-20-16(21-31-15(10-37-21)8-18-28-11-29-32-18)6-12(23(25,26)27)7-17(20)34(22(33)36)9-19(35)30-14-4-2-13(24)3-5-14/h2-7,10-11H,8-9H2,1H3,(H,30,35)(H,28,29,32). The van der Waals surface area contributed by atoms with E-state index in [-0.39, 0.29) is 27.3 Å². The first kappa shape index (κ1) is 24.4. The fraction of sp³-hybridized carbons (Fsp3) is 0.174. The van der Waals surface area contributed by atoms with Gasteiger partial charge in [-0.25, -0.2) is 19.2 Å². The Bertz CT molecular complexity index is 1650. The van der Waals surface area contributed by atoms with Crippen molar-refractivity contribution in [1.82, 2.24) is 29.3 Å². The summed E-state index contributed by atoms with van der Waals surface area (Å²) in [6.45, 7) is -0.553. The second-order valence-electron chi connectivity index (χ2n) is 8.13. The van der Waals surface area contributed by atoms with Crippen LogP contribution in [0.1, 0.15) is 17.1 Å². The third-order valence-electron chi connectivity index (χ3n) is 5.59. The molecule has 3 heterocycles. The topological polar surface area (TPSA) is 110 Å². The van der Waals surface area contributed by atoms with Gasteiger partial charge in [0.15, 0.2) is 0 Å². The van der Waals surface area contributed by atoms with Crippen LogP contribution >= 0.6 is 11.3 Å². The fourth-order valence-electron chi connectivity index (χ4n) is 3.91. The minimum absolute atomic E-state index is 0.0708. The van der Waals surface area contributed by atoms with E-state index >= 15 is 0 Å². The lowest BCUT2D eigenvalue weighted by Crippen LogP contribution is -2.28. The minimum Gasteiger partial charge on any atom is -0.325 e. The fourth-order valence-corrected chi connectivity index (χ4v) is 4.75. The highest BCUT2D eigenvalue weighted by atomic mass is 32.1. The molecule has 190 valence electrons. The van der Waals surface area contributed by atoms with E-state index in [1.165, 1.54) is 30.1 Å². The van der Waals surface area contributed by atoms with Crippen molar-refractivity contribution in [3.63, 3.8) is 0 Å². The lowest BCUT2D eigenvalue weighted by atomic mass is 10.1. The van der Waals surface area contributed by atoms with Crippen molar-refractivity contribution in [2.45, 2.75) is 19.1 Å². The van der Waals surface area contributed by atoms with Crippen LogP contribution in [0.2, 0.25) is 0 Å². The number of benzene rings is 2. The predicted molar refractivity (Wildman–Crippen MR) is 128 cm³/mol. The van der Waals surface area contributed by atoms with Crippen LogP contribution in [-0.2, 0) is 31.0 Å². The molecule has 0 spiro atoms. The molecular weight excluding hydrogens is 514 g/mol. The van der Waals surface area contributed by atoms with Crippen molar-refractivity contribution in [2.24, 2.45) is 7.05 Å². The Morgan fingerprint density at radius 1 is 1.19 bits per heavy atom. The molecule has 2 aromatic carbocycles. The van der Waals surface area contributed by atoms with Crippen LogP contribution in [-0.4, -0.2) is 35.2 Å². The number of aromatic nitrogens is 6. The summed E-state index contributed by atoms with van der Waals surface area (Å²) in [5, 5.41) is 10.9. The second kappa shape index (κ2) is 9.28. The van der Waals surface area contributed by atoms with Gasteiger partial charge in [0.2, 0.25) is 5.91 Å². The number of alkyl halides is 3. The van der Waals surface area contributed by atoms with Crippen LogP contribution in [0.15, 0.2) is 52.9 Å². The van der Waals surface area contributed by atoms with Crippen LogP contribution in [0.3, 0.4) is 0 Å². The van der Waals surface area contributed by atoms with Gasteiger partial charge in [0, 0.05) is 23.7 Å². The molecule has 0 aliphatic carbocycles. The maximum atomic E-state index is 13.8. The largest absolute Gasteiger partial charge is 0.416 e. The highest BCUT2D eigenvalue weighted by Crippen LogP contribution is 2.38. The van der Waals surface area contributed by atoms with E-state index in [2.05, 4.69) is 25.5 Å². The first-order chi connectivity index (χ1) is 17.6. The molecule has 0 radical (unpaired) electrons. The highest BCUT2D eigenvalue weighted by Gasteiger charge is 2.33. The van der Waals surface area contributed by atoms with E-state index in [1.54, 1.807) is 5.38 Å². The van der Waals surface area contributed by atoms with Crippen LogP contribution in [0.25, 0.3) is 21.6 Å². The molecule has 9 nitrogen and oxygen atoms in total. The minimum atomic E-state index is -4.71. The maximum absolute atomic E-state index is 13.8. The van der Waals surface area contributed by atoms with E-state index in [0.717, 1.165) is 40.2 Å². The summed E-state index contributed by atoms with van der Waals surface area (Å²) in [6, 6.07) is 6.74. The molecule has 0 atom stereocenters. The Balaban J connectivity index is 1.58. The van der Waals surface area contributed by atoms with Gasteiger partial charge in [-0.15, -0.1) is 11.3 Å². The number of aryl methyl sites for hydroxylation is 1. The number of imidazole rings is 1. The van der Waals surface area contributed by atoms with Crippen LogP contribution in [0.5, 0.6) is 0 Å². The number of nitrogens with zero attached hydrogens (tertiary/aromatic N) is 5. The number of hydrogen-bond donors (Lipinski definition) is 2. The van der Waals surface area contributed by atoms with Crippen LogP contribution in [0, 0.1) is 5.82 Å². The number of aromatic amines is 1. The Morgan fingerprint density at radius 2 is 1.95 bits per heavy atom. The van der Waals surface area contributed by atoms with Crippen molar-refractivity contribution in [1.29, 1.82) is 0 Å². The smallest absolute Gasteiger partial charge is 0.325 e. The molecule has 5 rings (SSSR count). The summed E-state index contributed by atoms with van der Waals surface area (Å²) in [7, 11) is 1.42. The number of fused-ring (bicyclic) bond motifs is 1. The van der Waals surface area contributed by atoms with E-state index < -0.39 is 35.7 Å². The van der Waals surface area contributed by atoms with E-state index in [9.17, 15) is 27.2 Å². The van der Waals surface area contributed by atoms with Gasteiger partial charge in [-0.05, 0) is 36.4 Å². The Kier molecular flexibility index (Phi) is 6.11. The molecule has 3 aromatic heterocycles. The summed E-state index contributed by atoms with van der Waals surface area (Å²) < 4.78 is 56.9. The molecule has 0 saturated carbocycles. The number of nitrogens with one attached hydrogen (secondary N) is 2. The van der Waals surface area contributed by atoms with Crippen molar-refractivity contribution < 1.29 is 22.4 Å². The molecule has 0 bridgehead atoms. The molecule has 37 heavy (non-hydrogen) atoms. The zero-order chi connectivity index (χ0) is 26.3. The van der Waals surface area contributed by atoms with Crippen molar-refractivity contribution >= 4 is 34.0 Å². The molecule has 2 N–H and O–H groups in total. The Morgan fingerprint density at radius 3 is 2.62 bits per heavy atom. The van der Waals surface area contributed by atoms with Gasteiger partial charge in [-0.1, -0.05) is 0 Å². The number of thiazole rings is 1. The van der Waals surface area contributed by atoms with Gasteiger partial charge in [-0.3, -0.25) is 19.0 Å². The molecule has 0 saturated heterocycles. The molecular formula is C23H17F4N7O2S.